The van der Waals surface area contributed by atoms with Crippen molar-refractivity contribution in [2.45, 2.75) is 82.1 Å². The quantitative estimate of drug-likeness (QED) is 0.320. The fourth-order valence-corrected chi connectivity index (χ4v) is 4.41. The standard InChI is InChI=1S/C19H31NO6/c1-3-4-6-11-13(21)14-16(23)20-19(17(24)25,18(14,2)26)15(22)12-9-7-5-8-10-12/h7,9,12-15,21-22,26H,3-6,8,10-11H2,1-2H3,(H,20,23)(H,24,25)/t12?,13?,14?,15?,18?,19-/m1/s1. The molecule has 6 atom stereocenters. The zero-order valence-corrected chi connectivity index (χ0v) is 15.5. The van der Waals surface area contributed by atoms with Gasteiger partial charge in [-0.15, -0.1) is 0 Å². The Bertz CT molecular complexity index is 560. The summed E-state index contributed by atoms with van der Waals surface area (Å²) in [6.07, 6.45) is 5.93. The van der Waals surface area contributed by atoms with Crippen molar-refractivity contribution in [1.82, 2.24) is 5.32 Å². The van der Waals surface area contributed by atoms with E-state index in [0.29, 0.717) is 12.8 Å². The highest BCUT2D eigenvalue weighted by molar-refractivity contribution is 5.96. The smallest absolute Gasteiger partial charge is 0.335 e. The largest absolute Gasteiger partial charge is 0.479 e. The Hall–Kier alpha value is -1.44. The number of allylic oxidation sites excluding steroid dienone is 1. The van der Waals surface area contributed by atoms with Gasteiger partial charge in [-0.05, 0) is 32.6 Å². The Balaban J connectivity index is 2.34. The molecule has 1 fully saturated rings. The van der Waals surface area contributed by atoms with Crippen LogP contribution in [-0.2, 0) is 9.59 Å². The molecular weight excluding hydrogens is 338 g/mol. The number of hydrogen-bond acceptors (Lipinski definition) is 5. The molecule has 1 amide bonds. The van der Waals surface area contributed by atoms with Crippen LogP contribution in [0.25, 0.3) is 0 Å². The van der Waals surface area contributed by atoms with E-state index >= 15 is 0 Å². The topological polar surface area (TPSA) is 127 Å². The van der Waals surface area contributed by atoms with Crippen molar-refractivity contribution in [2.24, 2.45) is 11.8 Å². The third-order valence-electron chi connectivity index (χ3n) is 5.97. The number of carbonyl (C=O) groups excluding carboxylic acids is 1. The molecular formula is C19H31NO6. The van der Waals surface area contributed by atoms with Crippen molar-refractivity contribution in [3.63, 3.8) is 0 Å². The normalized spacial score (nSPS) is 36.6. The van der Waals surface area contributed by atoms with E-state index < -0.39 is 47.1 Å². The van der Waals surface area contributed by atoms with Gasteiger partial charge in [-0.2, -0.15) is 0 Å². The molecule has 1 heterocycles. The lowest BCUT2D eigenvalue weighted by molar-refractivity contribution is -0.173. The summed E-state index contributed by atoms with van der Waals surface area (Å²) in [5.74, 6) is -4.02. The first-order valence-corrected chi connectivity index (χ1v) is 9.50. The number of nitrogens with one attached hydrogen (secondary N) is 1. The number of aliphatic hydroxyl groups excluding tert-OH is 2. The number of aliphatic hydroxyl groups is 3. The first-order chi connectivity index (χ1) is 12.2. The summed E-state index contributed by atoms with van der Waals surface area (Å²) in [6, 6.07) is 0. The molecule has 5 N–H and O–H groups in total. The molecule has 7 nitrogen and oxygen atoms in total. The highest BCUT2D eigenvalue weighted by Crippen LogP contribution is 2.44. The van der Waals surface area contributed by atoms with Crippen LogP contribution < -0.4 is 5.32 Å². The van der Waals surface area contributed by atoms with Gasteiger partial charge in [0, 0.05) is 5.92 Å². The molecule has 0 aromatic rings. The summed E-state index contributed by atoms with van der Waals surface area (Å²) in [5.41, 5.74) is -4.39. The molecule has 1 aliphatic heterocycles. The van der Waals surface area contributed by atoms with Crippen molar-refractivity contribution in [2.75, 3.05) is 0 Å². The van der Waals surface area contributed by atoms with E-state index in [-0.39, 0.29) is 6.42 Å². The Morgan fingerprint density at radius 2 is 2.08 bits per heavy atom. The van der Waals surface area contributed by atoms with E-state index in [1.165, 1.54) is 6.92 Å². The molecule has 26 heavy (non-hydrogen) atoms. The zero-order valence-electron chi connectivity index (χ0n) is 15.5. The third-order valence-corrected chi connectivity index (χ3v) is 5.97. The van der Waals surface area contributed by atoms with Gasteiger partial charge in [0.05, 0.1) is 18.1 Å². The van der Waals surface area contributed by atoms with Gasteiger partial charge in [0.2, 0.25) is 5.91 Å². The lowest BCUT2D eigenvalue weighted by Gasteiger charge is -2.43. The summed E-state index contributed by atoms with van der Waals surface area (Å²) in [4.78, 5) is 24.7. The van der Waals surface area contributed by atoms with Crippen LogP contribution in [-0.4, -0.2) is 55.7 Å². The van der Waals surface area contributed by atoms with E-state index in [9.17, 15) is 30.0 Å². The molecule has 0 bridgehead atoms. The number of amides is 1. The molecule has 7 heteroatoms. The number of aliphatic carboxylic acids is 1. The average Bonchev–Trinajstić information content (AvgIpc) is 2.81. The first kappa shape index (κ1) is 20.9. The number of carboxylic acid groups (broad SMARTS) is 1. The van der Waals surface area contributed by atoms with Crippen LogP contribution in [0.3, 0.4) is 0 Å². The fraction of sp³-hybridized carbons (Fsp3) is 0.789. The summed E-state index contributed by atoms with van der Waals surface area (Å²) < 4.78 is 0. The summed E-state index contributed by atoms with van der Waals surface area (Å²) in [5, 5.41) is 44.7. The predicted molar refractivity (Wildman–Crippen MR) is 95.3 cm³/mol. The maximum atomic E-state index is 12.5. The SMILES string of the molecule is CCCCCC(O)C1C(=O)N[C@@](C(=O)O)(C(O)C2C=CCCC2)C1(C)O. The fourth-order valence-electron chi connectivity index (χ4n) is 4.41. The van der Waals surface area contributed by atoms with E-state index in [0.717, 1.165) is 25.7 Å². The molecule has 0 spiro atoms. The Kier molecular flexibility index (Phi) is 6.47. The molecule has 5 unspecified atom stereocenters. The second kappa shape index (κ2) is 8.06. The summed E-state index contributed by atoms with van der Waals surface area (Å²) >= 11 is 0. The van der Waals surface area contributed by atoms with Crippen molar-refractivity contribution >= 4 is 11.9 Å². The second-order valence-electron chi connectivity index (χ2n) is 7.76. The van der Waals surface area contributed by atoms with Gasteiger partial charge in [0.25, 0.3) is 0 Å². The zero-order chi connectivity index (χ0) is 19.5. The van der Waals surface area contributed by atoms with Crippen LogP contribution >= 0.6 is 0 Å². The number of hydrogen-bond donors (Lipinski definition) is 5. The monoisotopic (exact) mass is 369 g/mol. The van der Waals surface area contributed by atoms with Crippen molar-refractivity contribution < 1.29 is 30.0 Å². The maximum Gasteiger partial charge on any atom is 0.335 e. The molecule has 0 aromatic heterocycles. The third kappa shape index (κ3) is 3.40. The number of unbranched alkanes of at least 4 members (excludes halogenated alkanes) is 2. The van der Waals surface area contributed by atoms with Gasteiger partial charge in [-0.1, -0.05) is 38.3 Å². The average molecular weight is 369 g/mol. The van der Waals surface area contributed by atoms with E-state index in [4.69, 9.17) is 0 Å². The van der Waals surface area contributed by atoms with E-state index in [2.05, 4.69) is 5.32 Å². The van der Waals surface area contributed by atoms with Crippen LogP contribution in [0.15, 0.2) is 12.2 Å². The summed E-state index contributed by atoms with van der Waals surface area (Å²) in [6.45, 7) is 3.23. The lowest BCUT2D eigenvalue weighted by Crippen LogP contribution is -2.70. The maximum absolute atomic E-state index is 12.5. The molecule has 2 aliphatic rings. The lowest BCUT2D eigenvalue weighted by atomic mass is 9.67. The molecule has 1 saturated heterocycles. The molecule has 0 saturated carbocycles. The number of carbonyl (C=O) groups is 2. The van der Waals surface area contributed by atoms with Gasteiger partial charge in [0.1, 0.15) is 5.60 Å². The van der Waals surface area contributed by atoms with Crippen LogP contribution in [0, 0.1) is 11.8 Å². The van der Waals surface area contributed by atoms with Crippen molar-refractivity contribution in [3.8, 4) is 0 Å². The van der Waals surface area contributed by atoms with Gasteiger partial charge in [-0.3, -0.25) is 4.79 Å². The van der Waals surface area contributed by atoms with E-state index in [1.807, 2.05) is 13.0 Å². The van der Waals surface area contributed by atoms with Gasteiger partial charge >= 0.3 is 5.97 Å². The van der Waals surface area contributed by atoms with Crippen molar-refractivity contribution in [3.05, 3.63) is 12.2 Å². The van der Waals surface area contributed by atoms with Gasteiger partial charge in [-0.25, -0.2) is 4.79 Å². The minimum Gasteiger partial charge on any atom is -0.479 e. The molecule has 1 aliphatic carbocycles. The van der Waals surface area contributed by atoms with Crippen LogP contribution in [0.4, 0.5) is 0 Å². The first-order valence-electron chi connectivity index (χ1n) is 9.50. The minimum atomic E-state index is -2.26. The van der Waals surface area contributed by atoms with Crippen LogP contribution in [0.1, 0.15) is 58.8 Å². The minimum absolute atomic E-state index is 0.289. The number of carboxylic acids is 1. The van der Waals surface area contributed by atoms with Gasteiger partial charge in [0.15, 0.2) is 5.54 Å². The van der Waals surface area contributed by atoms with Crippen molar-refractivity contribution in [1.29, 1.82) is 0 Å². The van der Waals surface area contributed by atoms with Gasteiger partial charge < -0.3 is 25.7 Å². The van der Waals surface area contributed by atoms with Crippen LogP contribution in [0.5, 0.6) is 0 Å². The molecule has 148 valence electrons. The molecule has 0 radical (unpaired) electrons. The summed E-state index contributed by atoms with van der Waals surface area (Å²) in [7, 11) is 0. The molecule has 0 aromatic carbocycles. The Morgan fingerprint density at radius 1 is 1.38 bits per heavy atom. The van der Waals surface area contributed by atoms with Crippen LogP contribution in [0.2, 0.25) is 0 Å². The second-order valence-corrected chi connectivity index (χ2v) is 7.76. The highest BCUT2D eigenvalue weighted by Gasteiger charge is 2.70. The Morgan fingerprint density at radius 3 is 2.62 bits per heavy atom. The predicted octanol–water partition coefficient (Wildman–Crippen LogP) is 0.965. The molecule has 2 rings (SSSR count). The Labute approximate surface area is 154 Å². The highest BCUT2D eigenvalue weighted by atomic mass is 16.4. The number of rotatable bonds is 8. The van der Waals surface area contributed by atoms with E-state index in [1.54, 1.807) is 6.08 Å².